The summed E-state index contributed by atoms with van der Waals surface area (Å²) in [5.74, 6) is 0.260. The summed E-state index contributed by atoms with van der Waals surface area (Å²) in [6.07, 6.45) is 0. The van der Waals surface area contributed by atoms with Gasteiger partial charge in [-0.15, -0.1) is 10.2 Å². The highest BCUT2D eigenvalue weighted by molar-refractivity contribution is 7.17. The van der Waals surface area contributed by atoms with Gasteiger partial charge in [0.15, 0.2) is 0 Å². The molecule has 0 aliphatic carbocycles. The Labute approximate surface area is 113 Å². The molecule has 0 saturated carbocycles. The number of nitrogens with zero attached hydrogens (tertiary/aromatic N) is 2. The molecule has 1 aromatic carbocycles. The maximum Gasteiger partial charge on any atom is 0.286 e. The fourth-order valence-corrected chi connectivity index (χ4v) is 2.05. The summed E-state index contributed by atoms with van der Waals surface area (Å²) in [5.41, 5.74) is 0.593. The van der Waals surface area contributed by atoms with Gasteiger partial charge < -0.3 is 10.1 Å². The number of hydrogen-bond acceptors (Lipinski definition) is 5. The minimum Gasteiger partial charge on any atom is -0.492 e. The third-order valence-corrected chi connectivity index (χ3v) is 3.05. The lowest BCUT2D eigenvalue weighted by Crippen LogP contribution is -2.12. The maximum atomic E-state index is 11.9. The zero-order valence-electron chi connectivity index (χ0n) is 9.51. The molecule has 18 heavy (non-hydrogen) atoms. The predicted molar refractivity (Wildman–Crippen MR) is 70.5 cm³/mol. The van der Waals surface area contributed by atoms with Crippen molar-refractivity contribution in [2.45, 2.75) is 6.92 Å². The van der Waals surface area contributed by atoms with Crippen molar-refractivity contribution in [2.75, 3.05) is 11.9 Å². The summed E-state index contributed by atoms with van der Waals surface area (Å²) in [5, 5.41) is 10.2. The van der Waals surface area contributed by atoms with E-state index in [2.05, 4.69) is 15.5 Å². The van der Waals surface area contributed by atoms with E-state index >= 15 is 0 Å². The number of ether oxygens (including phenoxy) is 1. The van der Waals surface area contributed by atoms with Crippen LogP contribution in [0.25, 0.3) is 0 Å². The van der Waals surface area contributed by atoms with E-state index in [-0.39, 0.29) is 15.4 Å². The van der Waals surface area contributed by atoms with Crippen molar-refractivity contribution in [3.63, 3.8) is 0 Å². The molecular weight excluding hydrogens is 274 g/mol. The van der Waals surface area contributed by atoms with E-state index in [4.69, 9.17) is 16.3 Å². The predicted octanol–water partition coefficient (Wildman–Crippen LogP) is 2.84. The van der Waals surface area contributed by atoms with Crippen LogP contribution in [0.3, 0.4) is 0 Å². The maximum absolute atomic E-state index is 11.9. The number of carbonyl (C=O) groups is 1. The Bertz CT molecular complexity index is 559. The zero-order chi connectivity index (χ0) is 13.0. The molecule has 5 nitrogen and oxygen atoms in total. The second kappa shape index (κ2) is 5.79. The van der Waals surface area contributed by atoms with Crippen molar-refractivity contribution >= 4 is 34.5 Å². The minimum atomic E-state index is -0.355. The number of aromatic nitrogens is 2. The number of carbonyl (C=O) groups excluding carboxylic acids is 1. The van der Waals surface area contributed by atoms with Gasteiger partial charge in [0.1, 0.15) is 5.75 Å². The molecule has 0 aliphatic rings. The molecule has 1 amide bonds. The molecule has 1 heterocycles. The van der Waals surface area contributed by atoms with Gasteiger partial charge in [-0.3, -0.25) is 4.79 Å². The van der Waals surface area contributed by atoms with Crippen LogP contribution in [0.2, 0.25) is 4.47 Å². The van der Waals surface area contributed by atoms with Gasteiger partial charge in [0, 0.05) is 0 Å². The summed E-state index contributed by atoms with van der Waals surface area (Å²) in [6, 6.07) is 7.19. The van der Waals surface area contributed by atoms with Crippen LogP contribution in [0.15, 0.2) is 24.3 Å². The lowest BCUT2D eigenvalue weighted by Gasteiger charge is -2.09. The summed E-state index contributed by atoms with van der Waals surface area (Å²) >= 11 is 6.65. The van der Waals surface area contributed by atoms with E-state index < -0.39 is 0 Å². The van der Waals surface area contributed by atoms with Gasteiger partial charge in [0.25, 0.3) is 5.91 Å². The minimum absolute atomic E-state index is 0.214. The van der Waals surface area contributed by atoms with Crippen molar-refractivity contribution in [1.29, 1.82) is 0 Å². The monoisotopic (exact) mass is 283 g/mol. The lowest BCUT2D eigenvalue weighted by atomic mass is 10.3. The number of halogens is 1. The van der Waals surface area contributed by atoms with E-state index in [1.165, 1.54) is 0 Å². The first-order valence-electron chi connectivity index (χ1n) is 5.23. The average molecular weight is 284 g/mol. The van der Waals surface area contributed by atoms with Gasteiger partial charge in [-0.1, -0.05) is 23.5 Å². The van der Waals surface area contributed by atoms with Crippen LogP contribution in [0.1, 0.15) is 16.7 Å². The first kappa shape index (κ1) is 12.8. The van der Waals surface area contributed by atoms with Crippen LogP contribution < -0.4 is 10.1 Å². The Morgan fingerprint density at radius 3 is 2.89 bits per heavy atom. The number of para-hydroxylation sites is 2. The van der Waals surface area contributed by atoms with Gasteiger partial charge in [-0.05, 0) is 30.7 Å². The molecular formula is C11H10ClN3O2S. The second-order valence-electron chi connectivity index (χ2n) is 3.24. The van der Waals surface area contributed by atoms with Gasteiger partial charge >= 0.3 is 0 Å². The molecule has 0 spiro atoms. The van der Waals surface area contributed by atoms with Gasteiger partial charge in [-0.2, -0.15) is 0 Å². The number of benzene rings is 1. The summed E-state index contributed by atoms with van der Waals surface area (Å²) < 4.78 is 5.64. The molecule has 1 aromatic heterocycles. The first-order chi connectivity index (χ1) is 8.70. The number of nitrogens with one attached hydrogen (secondary N) is 1. The van der Waals surface area contributed by atoms with Gasteiger partial charge in [0.2, 0.25) is 9.47 Å². The molecule has 0 aliphatic heterocycles. The molecule has 1 N–H and O–H groups in total. The van der Waals surface area contributed by atoms with E-state index in [9.17, 15) is 4.79 Å². The molecule has 2 rings (SSSR count). The van der Waals surface area contributed by atoms with Gasteiger partial charge in [0.05, 0.1) is 12.3 Å². The van der Waals surface area contributed by atoms with Gasteiger partial charge in [-0.25, -0.2) is 0 Å². The summed E-state index contributed by atoms with van der Waals surface area (Å²) in [6.45, 7) is 2.40. The summed E-state index contributed by atoms with van der Waals surface area (Å²) in [4.78, 5) is 11.9. The Morgan fingerprint density at radius 1 is 1.44 bits per heavy atom. The van der Waals surface area contributed by atoms with E-state index in [1.807, 2.05) is 19.1 Å². The van der Waals surface area contributed by atoms with E-state index in [0.29, 0.717) is 18.0 Å². The summed E-state index contributed by atoms with van der Waals surface area (Å²) in [7, 11) is 0. The third kappa shape index (κ3) is 2.96. The lowest BCUT2D eigenvalue weighted by molar-refractivity contribution is 0.102. The van der Waals surface area contributed by atoms with E-state index in [1.54, 1.807) is 12.1 Å². The Balaban J connectivity index is 2.16. The van der Waals surface area contributed by atoms with Crippen LogP contribution >= 0.6 is 22.9 Å². The fraction of sp³-hybridized carbons (Fsp3) is 0.182. The van der Waals surface area contributed by atoms with Crippen LogP contribution in [-0.2, 0) is 0 Å². The number of anilines is 1. The third-order valence-electron chi connectivity index (χ3n) is 2.03. The van der Waals surface area contributed by atoms with Crippen molar-refractivity contribution in [3.05, 3.63) is 33.7 Å². The van der Waals surface area contributed by atoms with E-state index in [0.717, 1.165) is 11.3 Å². The van der Waals surface area contributed by atoms with Crippen molar-refractivity contribution in [1.82, 2.24) is 10.2 Å². The molecule has 0 unspecified atom stereocenters. The quantitative estimate of drug-likeness (QED) is 0.937. The highest BCUT2D eigenvalue weighted by Gasteiger charge is 2.14. The molecule has 0 bridgehead atoms. The standard InChI is InChI=1S/C11H10ClN3O2S/c1-2-17-8-6-4-3-5-7(8)13-9(16)10-14-15-11(12)18-10/h3-6H,2H2,1H3,(H,13,16). The highest BCUT2D eigenvalue weighted by atomic mass is 35.5. The molecule has 7 heteroatoms. The smallest absolute Gasteiger partial charge is 0.286 e. The SMILES string of the molecule is CCOc1ccccc1NC(=O)c1nnc(Cl)s1. The zero-order valence-corrected chi connectivity index (χ0v) is 11.1. The Morgan fingerprint density at radius 2 is 2.22 bits per heavy atom. The molecule has 0 fully saturated rings. The molecule has 94 valence electrons. The van der Waals surface area contributed by atoms with Crippen LogP contribution in [0.5, 0.6) is 5.75 Å². The number of hydrogen-bond donors (Lipinski definition) is 1. The van der Waals surface area contributed by atoms with Crippen LogP contribution in [-0.4, -0.2) is 22.7 Å². The van der Waals surface area contributed by atoms with Crippen molar-refractivity contribution < 1.29 is 9.53 Å². The largest absolute Gasteiger partial charge is 0.492 e. The number of amides is 1. The average Bonchev–Trinajstić information content (AvgIpc) is 2.79. The normalized spacial score (nSPS) is 10.1. The van der Waals surface area contributed by atoms with Crippen molar-refractivity contribution in [3.8, 4) is 5.75 Å². The Hall–Kier alpha value is -1.66. The topological polar surface area (TPSA) is 64.1 Å². The molecule has 0 radical (unpaired) electrons. The van der Waals surface area contributed by atoms with Crippen LogP contribution in [0.4, 0.5) is 5.69 Å². The van der Waals surface area contributed by atoms with Crippen LogP contribution in [0, 0.1) is 0 Å². The first-order valence-corrected chi connectivity index (χ1v) is 6.42. The highest BCUT2D eigenvalue weighted by Crippen LogP contribution is 2.25. The fourth-order valence-electron chi connectivity index (χ4n) is 1.32. The van der Waals surface area contributed by atoms with Crippen molar-refractivity contribution in [2.24, 2.45) is 0 Å². The molecule has 0 saturated heterocycles. The molecule has 0 atom stereocenters. The second-order valence-corrected chi connectivity index (χ2v) is 4.80. The Kier molecular flexibility index (Phi) is 4.11. The number of rotatable bonds is 4. The molecule has 2 aromatic rings.